The van der Waals surface area contributed by atoms with E-state index in [0.29, 0.717) is 27.9 Å². The maximum absolute atomic E-state index is 11.5. The van der Waals surface area contributed by atoms with Crippen LogP contribution in [0.1, 0.15) is 51.2 Å². The summed E-state index contributed by atoms with van der Waals surface area (Å²) in [5, 5.41) is 16.4. The fourth-order valence-corrected chi connectivity index (χ4v) is 7.32. The van der Waals surface area contributed by atoms with Crippen molar-refractivity contribution in [3.05, 3.63) is 52.1 Å². The normalized spacial score (nSPS) is 26.7. The molecule has 3 fully saturated rings. The molecule has 3 aliphatic rings. The molecule has 1 aromatic heterocycles. The fourth-order valence-electron chi connectivity index (χ4n) is 6.76. The topological polar surface area (TPSA) is 70.8 Å². The van der Waals surface area contributed by atoms with E-state index in [0.717, 1.165) is 66.9 Å². The number of rotatable bonds is 7. The van der Waals surface area contributed by atoms with Crippen molar-refractivity contribution >= 4 is 45.8 Å². The van der Waals surface area contributed by atoms with Crippen LogP contribution in [0.25, 0.3) is 10.9 Å². The van der Waals surface area contributed by atoms with Gasteiger partial charge in [-0.3, -0.25) is 9.48 Å². The first-order valence-corrected chi connectivity index (χ1v) is 14.7. The van der Waals surface area contributed by atoms with Crippen molar-refractivity contribution in [2.24, 2.45) is 24.3 Å². The fraction of sp³-hybridized carbons (Fsp3) is 0.533. The van der Waals surface area contributed by atoms with Gasteiger partial charge in [-0.1, -0.05) is 29.3 Å². The average Bonchev–Trinajstić information content (AvgIpc) is 3.21. The van der Waals surface area contributed by atoms with Crippen molar-refractivity contribution in [2.75, 3.05) is 31.1 Å². The van der Waals surface area contributed by atoms with Gasteiger partial charge in [-0.15, -0.1) is 0 Å². The Balaban J connectivity index is 1.13. The summed E-state index contributed by atoms with van der Waals surface area (Å²) in [7, 11) is 1.93. The molecule has 1 saturated carbocycles. The number of piperidine rings is 1. The molecule has 1 aliphatic carbocycles. The first kappa shape index (κ1) is 26.7. The summed E-state index contributed by atoms with van der Waals surface area (Å²) in [6, 6.07) is 10.2. The highest BCUT2D eigenvalue weighted by Crippen LogP contribution is 2.46. The lowest BCUT2D eigenvalue weighted by molar-refractivity contribution is -0.158. The molecule has 9 heteroatoms. The molecule has 1 unspecified atom stereocenters. The maximum Gasteiger partial charge on any atom is 0.309 e. The quantitative estimate of drug-likeness (QED) is 0.353. The number of carboxylic acid groups (broad SMARTS) is 1. The molecule has 3 heterocycles. The van der Waals surface area contributed by atoms with Crippen LogP contribution in [0, 0.1) is 17.3 Å². The predicted molar refractivity (Wildman–Crippen MR) is 155 cm³/mol. The zero-order valence-corrected chi connectivity index (χ0v) is 24.3. The molecule has 6 rings (SSSR count). The van der Waals surface area contributed by atoms with Crippen LogP contribution in [0.3, 0.4) is 0 Å². The van der Waals surface area contributed by atoms with E-state index in [1.807, 2.05) is 43.9 Å². The number of anilines is 1. The summed E-state index contributed by atoms with van der Waals surface area (Å²) in [4.78, 5) is 16.6. The highest BCUT2D eigenvalue weighted by molar-refractivity contribution is 6.35. The Hall–Kier alpha value is -2.48. The van der Waals surface area contributed by atoms with E-state index in [2.05, 4.69) is 27.0 Å². The van der Waals surface area contributed by atoms with Crippen molar-refractivity contribution in [1.29, 1.82) is 0 Å². The summed E-state index contributed by atoms with van der Waals surface area (Å²) in [5.41, 5.74) is 2.34. The van der Waals surface area contributed by atoms with E-state index < -0.39 is 11.4 Å². The minimum Gasteiger partial charge on any atom is -0.484 e. The third-order valence-corrected chi connectivity index (χ3v) is 9.78. The first-order chi connectivity index (χ1) is 18.6. The monoisotopic (exact) mass is 570 g/mol. The lowest BCUT2D eigenvalue weighted by atomic mass is 9.65. The second-order valence-electron chi connectivity index (χ2n) is 12.1. The van der Waals surface area contributed by atoms with Crippen LogP contribution >= 0.6 is 23.2 Å². The Morgan fingerprint density at radius 1 is 1.15 bits per heavy atom. The van der Waals surface area contributed by atoms with Gasteiger partial charge < -0.3 is 19.6 Å². The number of halogens is 2. The van der Waals surface area contributed by atoms with Gasteiger partial charge in [-0.25, -0.2) is 0 Å². The minimum absolute atomic E-state index is 0.262. The zero-order chi connectivity index (χ0) is 27.5. The molecule has 2 aromatic carbocycles. The Bertz CT molecular complexity index is 1400. The van der Waals surface area contributed by atoms with Gasteiger partial charge in [0.05, 0.1) is 5.41 Å². The third kappa shape index (κ3) is 5.09. The average molecular weight is 572 g/mol. The number of fused-ring (bicyclic) bond motifs is 1. The molecular weight excluding hydrogens is 535 g/mol. The molecule has 39 heavy (non-hydrogen) atoms. The highest BCUT2D eigenvalue weighted by Gasteiger charge is 2.49. The van der Waals surface area contributed by atoms with Gasteiger partial charge in [0.25, 0.3) is 0 Å². The molecule has 7 nitrogen and oxygen atoms in total. The van der Waals surface area contributed by atoms with Crippen LogP contribution in [0.2, 0.25) is 10.0 Å². The number of hydrogen-bond donors (Lipinski definition) is 1. The molecule has 208 valence electrons. The third-order valence-electron chi connectivity index (χ3n) is 9.21. The highest BCUT2D eigenvalue weighted by atomic mass is 35.5. The number of ether oxygens (including phenoxy) is 1. The van der Waals surface area contributed by atoms with Crippen LogP contribution in [0.4, 0.5) is 5.69 Å². The lowest BCUT2D eigenvalue weighted by Gasteiger charge is -2.52. The van der Waals surface area contributed by atoms with Crippen molar-refractivity contribution in [2.45, 2.75) is 51.7 Å². The summed E-state index contributed by atoms with van der Waals surface area (Å²) in [5.74, 6) is 1.41. The van der Waals surface area contributed by atoms with E-state index >= 15 is 0 Å². The number of benzene rings is 2. The Labute approximate surface area is 239 Å². The van der Waals surface area contributed by atoms with E-state index in [1.165, 1.54) is 12.8 Å². The first-order valence-electron chi connectivity index (χ1n) is 13.9. The molecule has 2 atom stereocenters. The summed E-state index contributed by atoms with van der Waals surface area (Å²) < 4.78 is 8.29. The maximum atomic E-state index is 11.5. The molecule has 0 amide bonds. The number of carbonyl (C=O) groups is 1. The standard InChI is InChI=1S/C30H36Cl2N4O3/c1-18(25-7-6-22(31)10-26(25)32)39-27-11-23(9-20-14-34(3)33-28(20)27)36-16-21(17-36)19-5-4-8-35(15-19)24-12-30(2,13-24)29(37)38/h6-7,9-11,14,18-19,21,24H,4-5,8,12-13,15-17H2,1-3H3,(H,37,38)/t18-,19?,24?,30?/m1/s1. The number of hydrogen-bond acceptors (Lipinski definition) is 5. The number of aliphatic carboxylic acids is 1. The van der Waals surface area contributed by atoms with Crippen molar-refractivity contribution < 1.29 is 14.6 Å². The molecule has 2 aliphatic heterocycles. The van der Waals surface area contributed by atoms with Crippen molar-refractivity contribution in [3.63, 3.8) is 0 Å². The number of nitrogens with zero attached hydrogens (tertiary/aromatic N) is 4. The second-order valence-corrected chi connectivity index (χ2v) is 12.9. The second kappa shape index (κ2) is 10.2. The van der Waals surface area contributed by atoms with E-state index in [4.69, 9.17) is 27.9 Å². The largest absolute Gasteiger partial charge is 0.484 e. The van der Waals surface area contributed by atoms with Crippen LogP contribution in [-0.4, -0.2) is 58.0 Å². The van der Waals surface area contributed by atoms with Crippen LogP contribution in [0.5, 0.6) is 5.75 Å². The number of aryl methyl sites for hydroxylation is 1. The molecule has 2 saturated heterocycles. The van der Waals surface area contributed by atoms with Gasteiger partial charge in [-0.2, -0.15) is 5.10 Å². The smallest absolute Gasteiger partial charge is 0.309 e. The van der Waals surface area contributed by atoms with Crippen molar-refractivity contribution in [1.82, 2.24) is 14.7 Å². The van der Waals surface area contributed by atoms with Gasteiger partial charge in [-0.05, 0) is 76.1 Å². The van der Waals surface area contributed by atoms with Gasteiger partial charge in [0.2, 0.25) is 0 Å². The van der Waals surface area contributed by atoms with E-state index in [9.17, 15) is 9.90 Å². The molecule has 0 bridgehead atoms. The summed E-state index contributed by atoms with van der Waals surface area (Å²) in [6.07, 6.45) is 5.78. The van der Waals surface area contributed by atoms with Gasteiger partial charge >= 0.3 is 5.97 Å². The SMILES string of the molecule is C[C@@H](Oc1cc(N2CC(C3CCCN(C4CC(C)(C(=O)O)C4)C3)C2)cc2cn(C)nc12)c1ccc(Cl)cc1Cl. The number of aromatic nitrogens is 2. The predicted octanol–water partition coefficient (Wildman–Crippen LogP) is 6.42. The minimum atomic E-state index is -0.651. The summed E-state index contributed by atoms with van der Waals surface area (Å²) >= 11 is 12.6. The van der Waals surface area contributed by atoms with Gasteiger partial charge in [0.1, 0.15) is 17.4 Å². The van der Waals surface area contributed by atoms with E-state index in [1.54, 1.807) is 6.07 Å². The molecule has 3 aromatic rings. The Morgan fingerprint density at radius 2 is 1.92 bits per heavy atom. The van der Waals surface area contributed by atoms with Crippen LogP contribution < -0.4 is 9.64 Å². The van der Waals surface area contributed by atoms with E-state index in [-0.39, 0.29) is 6.10 Å². The lowest BCUT2D eigenvalue weighted by Crippen LogP contribution is -2.58. The van der Waals surface area contributed by atoms with Crippen molar-refractivity contribution in [3.8, 4) is 5.75 Å². The van der Waals surface area contributed by atoms with Gasteiger partial charge in [0.15, 0.2) is 0 Å². The number of carboxylic acids is 1. The summed E-state index contributed by atoms with van der Waals surface area (Å²) in [6.45, 7) is 8.13. The number of likely N-dealkylation sites (tertiary alicyclic amines) is 1. The van der Waals surface area contributed by atoms with Gasteiger partial charge in [0, 0.05) is 71.7 Å². The zero-order valence-electron chi connectivity index (χ0n) is 22.7. The molecular formula is C30H36Cl2N4O3. The van der Waals surface area contributed by atoms with Crippen LogP contribution in [-0.2, 0) is 11.8 Å². The molecule has 0 radical (unpaired) electrons. The Morgan fingerprint density at radius 3 is 2.64 bits per heavy atom. The van der Waals surface area contributed by atoms with Crippen LogP contribution in [0.15, 0.2) is 36.5 Å². The molecule has 0 spiro atoms. The Kier molecular flexibility index (Phi) is 6.97. The molecule has 1 N–H and O–H groups in total.